The molecular formula is C12H7F4P. The van der Waals surface area contributed by atoms with Gasteiger partial charge in [0.15, 0.2) is 0 Å². The minimum absolute atomic E-state index is 0.192. The van der Waals surface area contributed by atoms with Crippen LogP contribution in [-0.2, 0) is 0 Å². The first kappa shape index (κ1) is 12.1. The first-order chi connectivity index (χ1) is 8.06. The minimum Gasteiger partial charge on any atom is -0.207 e. The van der Waals surface area contributed by atoms with Crippen LogP contribution < -0.4 is 10.6 Å². The molecule has 0 unspecified atom stereocenters. The average Bonchev–Trinajstić information content (AvgIpc) is 2.25. The fourth-order valence-electron chi connectivity index (χ4n) is 1.33. The summed E-state index contributed by atoms with van der Waals surface area (Å²) in [4.78, 5) is 0. The zero-order valence-corrected chi connectivity index (χ0v) is 9.48. The molecule has 2 aromatic rings. The summed E-state index contributed by atoms with van der Waals surface area (Å²) in [6, 6.07) is 6.20. The van der Waals surface area contributed by atoms with E-state index in [1.54, 1.807) is 0 Å². The van der Waals surface area contributed by atoms with Crippen molar-refractivity contribution in [1.82, 2.24) is 0 Å². The zero-order valence-electron chi connectivity index (χ0n) is 8.48. The monoisotopic (exact) mass is 258 g/mol. The van der Waals surface area contributed by atoms with Crippen molar-refractivity contribution in [2.24, 2.45) is 0 Å². The molecule has 2 rings (SSSR count). The topological polar surface area (TPSA) is 0 Å². The molecule has 5 heteroatoms. The van der Waals surface area contributed by atoms with Crippen molar-refractivity contribution in [2.75, 3.05) is 0 Å². The third-order valence-corrected chi connectivity index (χ3v) is 3.48. The maximum Gasteiger partial charge on any atom is 0.133 e. The van der Waals surface area contributed by atoms with Gasteiger partial charge in [-0.15, -0.1) is 0 Å². The van der Waals surface area contributed by atoms with Gasteiger partial charge in [-0.05, 0) is 24.3 Å². The summed E-state index contributed by atoms with van der Waals surface area (Å²) < 4.78 is 52.0. The van der Waals surface area contributed by atoms with Crippen LogP contribution in [0.25, 0.3) is 0 Å². The Morgan fingerprint density at radius 3 is 1.41 bits per heavy atom. The number of benzene rings is 2. The Kier molecular flexibility index (Phi) is 3.43. The normalized spacial score (nSPS) is 10.6. The molecule has 0 amide bonds. The van der Waals surface area contributed by atoms with Crippen LogP contribution in [0, 0.1) is 23.3 Å². The van der Waals surface area contributed by atoms with E-state index in [0.717, 1.165) is 24.3 Å². The summed E-state index contributed by atoms with van der Waals surface area (Å²) in [5.74, 6) is -2.83. The van der Waals surface area contributed by atoms with Gasteiger partial charge in [0.2, 0.25) is 0 Å². The van der Waals surface area contributed by atoms with Gasteiger partial charge in [-0.1, -0.05) is 8.58 Å². The van der Waals surface area contributed by atoms with E-state index in [4.69, 9.17) is 0 Å². The largest absolute Gasteiger partial charge is 0.207 e. The molecule has 0 heterocycles. The second kappa shape index (κ2) is 4.84. The van der Waals surface area contributed by atoms with Crippen LogP contribution in [0.4, 0.5) is 17.6 Å². The highest BCUT2D eigenvalue weighted by Gasteiger charge is 2.09. The molecule has 2 aromatic carbocycles. The minimum atomic E-state index is -0.730. The summed E-state index contributed by atoms with van der Waals surface area (Å²) in [5.41, 5.74) is 0. The SMILES string of the molecule is Fc1ccc(Pc2ccc(F)cc2F)c(F)c1. The van der Waals surface area contributed by atoms with Crippen LogP contribution in [0.2, 0.25) is 0 Å². The van der Waals surface area contributed by atoms with Gasteiger partial charge in [-0.25, -0.2) is 17.6 Å². The number of rotatable bonds is 2. The predicted molar refractivity (Wildman–Crippen MR) is 60.3 cm³/mol. The lowest BCUT2D eigenvalue weighted by atomic mass is 10.3. The van der Waals surface area contributed by atoms with Gasteiger partial charge in [0, 0.05) is 22.7 Å². The lowest BCUT2D eigenvalue weighted by molar-refractivity contribution is 0.588. The second-order valence-electron chi connectivity index (χ2n) is 3.37. The maximum atomic E-state index is 13.3. The van der Waals surface area contributed by atoms with Gasteiger partial charge in [0.25, 0.3) is 0 Å². The first-order valence-corrected chi connectivity index (χ1v) is 5.73. The number of halogens is 4. The first-order valence-electron chi connectivity index (χ1n) is 4.73. The van der Waals surface area contributed by atoms with Crippen molar-refractivity contribution in [3.8, 4) is 0 Å². The van der Waals surface area contributed by atoms with E-state index in [-0.39, 0.29) is 19.2 Å². The van der Waals surface area contributed by atoms with Crippen LogP contribution >= 0.6 is 8.58 Å². The Hall–Kier alpha value is -1.41. The predicted octanol–water partition coefficient (Wildman–Crippen LogP) is 2.87. The van der Waals surface area contributed by atoms with Crippen LogP contribution in [-0.4, -0.2) is 0 Å². The quantitative estimate of drug-likeness (QED) is 0.574. The van der Waals surface area contributed by atoms with E-state index in [2.05, 4.69) is 0 Å². The molecule has 0 aliphatic heterocycles. The van der Waals surface area contributed by atoms with Crippen molar-refractivity contribution in [1.29, 1.82) is 0 Å². The van der Waals surface area contributed by atoms with Crippen molar-refractivity contribution in [3.05, 3.63) is 59.7 Å². The number of hydrogen-bond donors (Lipinski definition) is 0. The van der Waals surface area contributed by atoms with E-state index < -0.39 is 23.3 Å². The average molecular weight is 258 g/mol. The molecule has 88 valence electrons. The Labute approximate surface area is 97.1 Å². The Balaban J connectivity index is 2.31. The lowest BCUT2D eigenvalue weighted by Crippen LogP contribution is -2.11. The number of hydrogen-bond acceptors (Lipinski definition) is 0. The fourth-order valence-corrected chi connectivity index (χ4v) is 2.33. The summed E-state index contributed by atoms with van der Waals surface area (Å²) in [6.45, 7) is 0. The fraction of sp³-hybridized carbons (Fsp3) is 0. The molecule has 0 nitrogen and oxygen atoms in total. The molecule has 0 saturated carbocycles. The molecule has 17 heavy (non-hydrogen) atoms. The van der Waals surface area contributed by atoms with Gasteiger partial charge in [0.1, 0.15) is 23.3 Å². The Bertz CT molecular complexity index is 505. The Morgan fingerprint density at radius 2 is 1.06 bits per heavy atom. The summed E-state index contributed by atoms with van der Waals surface area (Å²) >= 11 is 0. The van der Waals surface area contributed by atoms with Crippen molar-refractivity contribution in [2.45, 2.75) is 0 Å². The van der Waals surface area contributed by atoms with E-state index in [0.29, 0.717) is 0 Å². The smallest absolute Gasteiger partial charge is 0.133 e. The molecule has 0 radical (unpaired) electrons. The van der Waals surface area contributed by atoms with Gasteiger partial charge in [0.05, 0.1) is 0 Å². The lowest BCUT2D eigenvalue weighted by Gasteiger charge is -2.05. The van der Waals surface area contributed by atoms with Crippen molar-refractivity contribution in [3.63, 3.8) is 0 Å². The highest BCUT2D eigenvalue weighted by molar-refractivity contribution is 7.55. The molecule has 0 aliphatic carbocycles. The van der Waals surface area contributed by atoms with E-state index >= 15 is 0 Å². The third kappa shape index (κ3) is 2.83. The van der Waals surface area contributed by atoms with Crippen molar-refractivity contribution >= 4 is 19.2 Å². The molecule has 0 atom stereocenters. The molecule has 0 fully saturated rings. The highest BCUT2D eigenvalue weighted by atomic mass is 31.1. The molecule has 0 bridgehead atoms. The summed E-state index contributed by atoms with van der Waals surface area (Å²) in [6.07, 6.45) is 0. The van der Waals surface area contributed by atoms with Gasteiger partial charge < -0.3 is 0 Å². The molecular weight excluding hydrogens is 251 g/mol. The van der Waals surface area contributed by atoms with E-state index in [1.165, 1.54) is 12.1 Å². The third-order valence-electron chi connectivity index (χ3n) is 2.13. The van der Waals surface area contributed by atoms with E-state index in [9.17, 15) is 17.6 Å². The molecule has 0 N–H and O–H groups in total. The molecule has 0 saturated heterocycles. The van der Waals surface area contributed by atoms with Crippen molar-refractivity contribution < 1.29 is 17.6 Å². The summed E-state index contributed by atoms with van der Waals surface area (Å²) in [7, 11) is -0.316. The van der Waals surface area contributed by atoms with E-state index in [1.807, 2.05) is 0 Å². The van der Waals surface area contributed by atoms with Crippen LogP contribution in [0.3, 0.4) is 0 Å². The van der Waals surface area contributed by atoms with Gasteiger partial charge in [-0.3, -0.25) is 0 Å². The van der Waals surface area contributed by atoms with Crippen LogP contribution in [0.1, 0.15) is 0 Å². The maximum absolute atomic E-state index is 13.3. The summed E-state index contributed by atoms with van der Waals surface area (Å²) in [5, 5.41) is 0.383. The molecule has 0 aliphatic rings. The van der Waals surface area contributed by atoms with Crippen LogP contribution in [0.15, 0.2) is 36.4 Å². The van der Waals surface area contributed by atoms with Crippen LogP contribution in [0.5, 0.6) is 0 Å². The standard InChI is InChI=1S/C12H7F4P/c13-7-1-3-11(9(15)5-7)17-12-4-2-8(14)6-10(12)16/h1-6,17H. The van der Waals surface area contributed by atoms with Gasteiger partial charge in [-0.2, -0.15) is 0 Å². The highest BCUT2D eigenvalue weighted by Crippen LogP contribution is 2.16. The Morgan fingerprint density at radius 1 is 0.647 bits per heavy atom. The molecule has 0 aromatic heterocycles. The molecule has 0 spiro atoms. The zero-order chi connectivity index (χ0) is 12.4. The second-order valence-corrected chi connectivity index (χ2v) is 4.70. The van der Waals surface area contributed by atoms with Gasteiger partial charge >= 0.3 is 0 Å².